The molecular formula is C15H17ClN2. The van der Waals surface area contributed by atoms with Crippen LogP contribution in [-0.4, -0.2) is 19.0 Å². The van der Waals surface area contributed by atoms with Gasteiger partial charge in [0.1, 0.15) is 0 Å². The molecule has 2 aromatic rings. The predicted octanol–water partition coefficient (Wildman–Crippen LogP) is 3.57. The van der Waals surface area contributed by atoms with Gasteiger partial charge in [-0.15, -0.1) is 0 Å². The molecule has 1 atom stereocenters. The van der Waals surface area contributed by atoms with Crippen LogP contribution in [0.5, 0.6) is 0 Å². The van der Waals surface area contributed by atoms with Crippen LogP contribution in [0.15, 0.2) is 48.5 Å². The number of anilines is 1. The molecule has 0 heterocycles. The van der Waals surface area contributed by atoms with E-state index in [1.165, 1.54) is 11.1 Å². The molecule has 3 heteroatoms. The van der Waals surface area contributed by atoms with Crippen molar-refractivity contribution in [2.24, 2.45) is 0 Å². The van der Waals surface area contributed by atoms with Crippen LogP contribution in [0.2, 0.25) is 5.02 Å². The van der Waals surface area contributed by atoms with Crippen molar-refractivity contribution in [1.82, 2.24) is 4.90 Å². The van der Waals surface area contributed by atoms with E-state index in [0.29, 0.717) is 0 Å². The van der Waals surface area contributed by atoms with E-state index >= 15 is 0 Å². The maximum Gasteiger partial charge on any atom is 0.0597 e. The van der Waals surface area contributed by atoms with Crippen molar-refractivity contribution in [1.29, 1.82) is 0 Å². The van der Waals surface area contributed by atoms with Gasteiger partial charge >= 0.3 is 0 Å². The Balaban J connectivity index is 2.43. The lowest BCUT2D eigenvalue weighted by atomic mass is 9.97. The highest BCUT2D eigenvalue weighted by Gasteiger charge is 2.16. The lowest BCUT2D eigenvalue weighted by Crippen LogP contribution is -2.21. The van der Waals surface area contributed by atoms with Crippen LogP contribution in [0.25, 0.3) is 0 Å². The summed E-state index contributed by atoms with van der Waals surface area (Å²) in [7, 11) is 4.12. The molecule has 2 aromatic carbocycles. The minimum Gasteiger partial charge on any atom is -0.399 e. The third-order valence-corrected chi connectivity index (χ3v) is 3.18. The first-order valence-corrected chi connectivity index (χ1v) is 6.23. The smallest absolute Gasteiger partial charge is 0.0597 e. The van der Waals surface area contributed by atoms with E-state index in [2.05, 4.69) is 37.2 Å². The zero-order valence-corrected chi connectivity index (χ0v) is 11.4. The van der Waals surface area contributed by atoms with Crippen LogP contribution < -0.4 is 5.73 Å². The van der Waals surface area contributed by atoms with Gasteiger partial charge in [-0.05, 0) is 49.5 Å². The van der Waals surface area contributed by atoms with Gasteiger partial charge in [-0.25, -0.2) is 0 Å². The van der Waals surface area contributed by atoms with E-state index in [4.69, 9.17) is 17.3 Å². The molecule has 0 aliphatic heterocycles. The van der Waals surface area contributed by atoms with Gasteiger partial charge in [-0.3, -0.25) is 4.90 Å². The Labute approximate surface area is 113 Å². The molecule has 0 aliphatic carbocycles. The highest BCUT2D eigenvalue weighted by molar-refractivity contribution is 6.30. The van der Waals surface area contributed by atoms with Crippen molar-refractivity contribution in [2.75, 3.05) is 19.8 Å². The van der Waals surface area contributed by atoms with Crippen LogP contribution in [0.1, 0.15) is 17.2 Å². The van der Waals surface area contributed by atoms with Gasteiger partial charge < -0.3 is 5.73 Å². The number of benzene rings is 2. The Morgan fingerprint density at radius 3 is 2.22 bits per heavy atom. The molecule has 0 aromatic heterocycles. The molecule has 18 heavy (non-hydrogen) atoms. The molecule has 2 nitrogen and oxygen atoms in total. The predicted molar refractivity (Wildman–Crippen MR) is 77.8 cm³/mol. The zero-order valence-electron chi connectivity index (χ0n) is 10.6. The molecule has 0 fully saturated rings. The highest BCUT2D eigenvalue weighted by atomic mass is 35.5. The average molecular weight is 261 g/mol. The Morgan fingerprint density at radius 2 is 1.67 bits per heavy atom. The monoisotopic (exact) mass is 260 g/mol. The van der Waals surface area contributed by atoms with Gasteiger partial charge in [-0.2, -0.15) is 0 Å². The van der Waals surface area contributed by atoms with Crippen molar-refractivity contribution in [3.05, 3.63) is 64.7 Å². The second-order valence-corrected chi connectivity index (χ2v) is 5.02. The summed E-state index contributed by atoms with van der Waals surface area (Å²) in [5.41, 5.74) is 9.03. The van der Waals surface area contributed by atoms with E-state index < -0.39 is 0 Å². The summed E-state index contributed by atoms with van der Waals surface area (Å²) in [6.07, 6.45) is 0. The van der Waals surface area contributed by atoms with E-state index in [9.17, 15) is 0 Å². The maximum absolute atomic E-state index is 5.93. The molecule has 0 saturated heterocycles. The molecule has 0 aliphatic rings. The van der Waals surface area contributed by atoms with Crippen molar-refractivity contribution >= 4 is 17.3 Å². The topological polar surface area (TPSA) is 29.3 Å². The van der Waals surface area contributed by atoms with Crippen molar-refractivity contribution < 1.29 is 0 Å². The SMILES string of the molecule is CN(C)C(c1ccc(Cl)cc1)c1cccc(N)c1. The van der Waals surface area contributed by atoms with E-state index in [1.807, 2.05) is 30.3 Å². The fraction of sp³-hybridized carbons (Fsp3) is 0.200. The zero-order chi connectivity index (χ0) is 13.1. The third-order valence-electron chi connectivity index (χ3n) is 2.93. The first kappa shape index (κ1) is 12.9. The number of halogens is 1. The second-order valence-electron chi connectivity index (χ2n) is 4.59. The van der Waals surface area contributed by atoms with Crippen LogP contribution >= 0.6 is 11.6 Å². The van der Waals surface area contributed by atoms with Crippen LogP contribution in [0, 0.1) is 0 Å². The Morgan fingerprint density at radius 1 is 1.00 bits per heavy atom. The molecule has 1 unspecified atom stereocenters. The van der Waals surface area contributed by atoms with E-state index in [1.54, 1.807) is 0 Å². The molecule has 0 bridgehead atoms. The number of rotatable bonds is 3. The summed E-state index contributed by atoms with van der Waals surface area (Å²) in [6.45, 7) is 0. The lowest BCUT2D eigenvalue weighted by molar-refractivity contribution is 0.342. The molecule has 0 saturated carbocycles. The van der Waals surface area contributed by atoms with Crippen LogP contribution in [0.4, 0.5) is 5.69 Å². The summed E-state index contributed by atoms with van der Waals surface area (Å²) < 4.78 is 0. The summed E-state index contributed by atoms with van der Waals surface area (Å²) >= 11 is 5.93. The number of hydrogen-bond acceptors (Lipinski definition) is 2. The van der Waals surface area contributed by atoms with E-state index in [-0.39, 0.29) is 6.04 Å². The summed E-state index contributed by atoms with van der Waals surface area (Å²) in [4.78, 5) is 2.16. The largest absolute Gasteiger partial charge is 0.399 e. The minimum absolute atomic E-state index is 0.186. The maximum atomic E-state index is 5.93. The van der Waals surface area contributed by atoms with Gasteiger partial charge in [0.2, 0.25) is 0 Å². The molecule has 94 valence electrons. The molecule has 2 rings (SSSR count). The quantitative estimate of drug-likeness (QED) is 0.855. The first-order valence-electron chi connectivity index (χ1n) is 5.85. The molecule has 0 spiro atoms. The average Bonchev–Trinajstić information content (AvgIpc) is 2.32. The molecular weight excluding hydrogens is 244 g/mol. The van der Waals surface area contributed by atoms with Gasteiger partial charge in [0, 0.05) is 10.7 Å². The van der Waals surface area contributed by atoms with Gasteiger partial charge in [0.15, 0.2) is 0 Å². The summed E-state index contributed by atoms with van der Waals surface area (Å²) in [5, 5.41) is 0.754. The third kappa shape index (κ3) is 2.84. The molecule has 0 radical (unpaired) electrons. The fourth-order valence-corrected chi connectivity index (χ4v) is 2.29. The Bertz CT molecular complexity index is 520. The van der Waals surface area contributed by atoms with Crippen LogP contribution in [-0.2, 0) is 0 Å². The number of nitrogen functional groups attached to an aromatic ring is 1. The number of nitrogens with two attached hydrogens (primary N) is 1. The highest BCUT2D eigenvalue weighted by Crippen LogP contribution is 2.28. The Kier molecular flexibility index (Phi) is 3.90. The molecule has 2 N–H and O–H groups in total. The van der Waals surface area contributed by atoms with Crippen molar-refractivity contribution in [3.63, 3.8) is 0 Å². The lowest BCUT2D eigenvalue weighted by Gasteiger charge is -2.25. The van der Waals surface area contributed by atoms with Gasteiger partial charge in [-0.1, -0.05) is 35.9 Å². The minimum atomic E-state index is 0.186. The van der Waals surface area contributed by atoms with E-state index in [0.717, 1.165) is 10.7 Å². The van der Waals surface area contributed by atoms with Crippen molar-refractivity contribution in [2.45, 2.75) is 6.04 Å². The first-order chi connectivity index (χ1) is 8.58. The summed E-state index contributed by atoms with van der Waals surface area (Å²) in [5.74, 6) is 0. The number of nitrogens with zero attached hydrogens (tertiary/aromatic N) is 1. The number of hydrogen-bond donors (Lipinski definition) is 1. The van der Waals surface area contributed by atoms with Crippen molar-refractivity contribution in [3.8, 4) is 0 Å². The summed E-state index contributed by atoms with van der Waals surface area (Å²) in [6, 6.07) is 16.1. The Hall–Kier alpha value is -1.51. The van der Waals surface area contributed by atoms with Gasteiger partial charge in [0.05, 0.1) is 6.04 Å². The van der Waals surface area contributed by atoms with Crippen LogP contribution in [0.3, 0.4) is 0 Å². The fourth-order valence-electron chi connectivity index (χ4n) is 2.16. The normalized spacial score (nSPS) is 12.7. The standard InChI is InChI=1S/C15H17ClN2/c1-18(2)15(11-6-8-13(16)9-7-11)12-4-3-5-14(17)10-12/h3-10,15H,17H2,1-2H3. The molecule has 0 amide bonds. The second kappa shape index (κ2) is 5.42. The van der Waals surface area contributed by atoms with Gasteiger partial charge in [0.25, 0.3) is 0 Å².